The zero-order valence-corrected chi connectivity index (χ0v) is 9.21. The van der Waals surface area contributed by atoms with Gasteiger partial charge in [-0.15, -0.1) is 0 Å². The Bertz CT molecular complexity index is 300. The molecule has 0 aromatic carbocycles. The van der Waals surface area contributed by atoms with Crippen molar-refractivity contribution >= 4 is 11.9 Å². The average molecular weight is 254 g/mol. The molecule has 1 heterocycles. The van der Waals surface area contributed by atoms with Crippen LogP contribution in [0.2, 0.25) is 0 Å². The minimum absolute atomic E-state index is 0.645. The van der Waals surface area contributed by atoms with Gasteiger partial charge in [0.15, 0.2) is 6.10 Å². The van der Waals surface area contributed by atoms with E-state index in [1.807, 2.05) is 0 Å². The fraction of sp³-hybridized carbons (Fsp3) is 0.778. The van der Waals surface area contributed by atoms with Crippen LogP contribution in [0.1, 0.15) is 19.8 Å². The van der Waals surface area contributed by atoms with E-state index in [0.29, 0.717) is 13.1 Å². The lowest BCUT2D eigenvalue weighted by molar-refractivity contribution is -0.204. The Labute approximate surface area is 95.9 Å². The van der Waals surface area contributed by atoms with Crippen molar-refractivity contribution in [1.82, 2.24) is 10.4 Å². The number of nitrogens with zero attached hydrogens (tertiary/aromatic N) is 1. The summed E-state index contributed by atoms with van der Waals surface area (Å²) in [6.45, 7) is 2.38. The summed E-state index contributed by atoms with van der Waals surface area (Å²) >= 11 is 0. The Morgan fingerprint density at radius 1 is 1.29 bits per heavy atom. The van der Waals surface area contributed by atoms with E-state index in [-0.39, 0.29) is 0 Å². The molecular weight excluding hydrogens is 241 g/mol. The summed E-state index contributed by atoms with van der Waals surface area (Å²) in [5.41, 5.74) is 2.39. The maximum atomic E-state index is 11.9. The van der Waals surface area contributed by atoms with Crippen LogP contribution in [-0.2, 0) is 14.3 Å². The number of hydrogen-bond acceptors (Lipinski definition) is 4. The zero-order valence-electron chi connectivity index (χ0n) is 9.21. The van der Waals surface area contributed by atoms with Gasteiger partial charge >= 0.3 is 12.1 Å². The van der Waals surface area contributed by atoms with Gasteiger partial charge in [-0.1, -0.05) is 0 Å². The van der Waals surface area contributed by atoms with Crippen LogP contribution in [0.25, 0.3) is 0 Å². The number of hydrazine groups is 1. The largest absolute Gasteiger partial charge is 0.490 e. The summed E-state index contributed by atoms with van der Waals surface area (Å²) in [5.74, 6) is -3.12. The van der Waals surface area contributed by atoms with E-state index < -0.39 is 24.2 Å². The number of esters is 1. The molecule has 1 aliphatic rings. The van der Waals surface area contributed by atoms with Gasteiger partial charge in [-0.3, -0.25) is 10.2 Å². The summed E-state index contributed by atoms with van der Waals surface area (Å²) < 4.78 is 39.6. The molecule has 1 unspecified atom stereocenters. The van der Waals surface area contributed by atoms with Crippen LogP contribution < -0.4 is 5.43 Å². The van der Waals surface area contributed by atoms with Gasteiger partial charge in [-0.2, -0.15) is 13.2 Å². The third kappa shape index (κ3) is 4.22. The lowest BCUT2D eigenvalue weighted by Gasteiger charge is -2.19. The van der Waals surface area contributed by atoms with Crippen molar-refractivity contribution in [3.63, 3.8) is 0 Å². The van der Waals surface area contributed by atoms with Crippen molar-refractivity contribution in [2.75, 3.05) is 13.1 Å². The number of carbonyl (C=O) groups excluding carboxylic acids is 2. The van der Waals surface area contributed by atoms with Gasteiger partial charge in [-0.25, -0.2) is 9.80 Å². The van der Waals surface area contributed by atoms with Crippen LogP contribution in [0.5, 0.6) is 0 Å². The molecule has 1 rings (SSSR count). The average Bonchev–Trinajstić information content (AvgIpc) is 2.68. The first-order valence-electron chi connectivity index (χ1n) is 5.14. The molecule has 0 spiro atoms. The number of halogens is 3. The second-order valence-corrected chi connectivity index (χ2v) is 3.72. The quantitative estimate of drug-likeness (QED) is 0.749. The lowest BCUT2D eigenvalue weighted by atomic mass is 10.4. The highest BCUT2D eigenvalue weighted by atomic mass is 19.4. The van der Waals surface area contributed by atoms with Crippen molar-refractivity contribution in [2.24, 2.45) is 0 Å². The summed E-state index contributed by atoms with van der Waals surface area (Å²) in [5, 5.41) is 1.58. The molecule has 1 atom stereocenters. The van der Waals surface area contributed by atoms with E-state index in [4.69, 9.17) is 0 Å². The first-order chi connectivity index (χ1) is 7.80. The van der Waals surface area contributed by atoms with Gasteiger partial charge in [0.25, 0.3) is 5.91 Å². The Hall–Kier alpha value is -1.31. The Morgan fingerprint density at radius 3 is 2.29 bits per heavy atom. The molecular formula is C9H13F3N2O3. The molecule has 1 saturated heterocycles. The maximum absolute atomic E-state index is 11.9. The smallest absolute Gasteiger partial charge is 0.446 e. The number of rotatable bonds is 3. The Kier molecular flexibility index (Phi) is 4.33. The normalized spacial score (nSPS) is 18.8. The summed E-state index contributed by atoms with van der Waals surface area (Å²) in [6.07, 6.45) is -4.72. The molecule has 1 N–H and O–H groups in total. The molecule has 98 valence electrons. The van der Waals surface area contributed by atoms with Crippen molar-refractivity contribution in [1.29, 1.82) is 0 Å². The summed E-state index contributed by atoms with van der Waals surface area (Å²) in [4.78, 5) is 21.8. The van der Waals surface area contributed by atoms with Gasteiger partial charge in [-0.05, 0) is 19.8 Å². The molecule has 0 radical (unpaired) electrons. The van der Waals surface area contributed by atoms with Crippen LogP contribution in [0.4, 0.5) is 13.2 Å². The predicted molar refractivity (Wildman–Crippen MR) is 50.6 cm³/mol. The molecule has 0 saturated carbocycles. The molecule has 0 aliphatic carbocycles. The fourth-order valence-corrected chi connectivity index (χ4v) is 1.36. The van der Waals surface area contributed by atoms with E-state index in [2.05, 4.69) is 10.2 Å². The first-order valence-corrected chi connectivity index (χ1v) is 5.14. The third-order valence-corrected chi connectivity index (χ3v) is 2.26. The van der Waals surface area contributed by atoms with Crippen molar-refractivity contribution < 1.29 is 27.5 Å². The van der Waals surface area contributed by atoms with Crippen LogP contribution in [0.15, 0.2) is 0 Å². The first kappa shape index (κ1) is 13.8. The molecule has 0 bridgehead atoms. The van der Waals surface area contributed by atoms with E-state index >= 15 is 0 Å². The zero-order chi connectivity index (χ0) is 13.1. The summed E-state index contributed by atoms with van der Waals surface area (Å²) in [6, 6.07) is 0. The molecule has 5 nitrogen and oxygen atoms in total. The van der Waals surface area contributed by atoms with E-state index in [9.17, 15) is 22.8 Å². The highest BCUT2D eigenvalue weighted by molar-refractivity contribution is 5.84. The number of ether oxygens (including phenoxy) is 1. The van der Waals surface area contributed by atoms with Gasteiger partial charge < -0.3 is 4.74 Å². The molecule has 17 heavy (non-hydrogen) atoms. The minimum atomic E-state index is -5.08. The number of amides is 1. The van der Waals surface area contributed by atoms with Crippen LogP contribution in [-0.4, -0.2) is 42.3 Å². The van der Waals surface area contributed by atoms with E-state index in [0.717, 1.165) is 19.8 Å². The number of carbonyl (C=O) groups is 2. The second-order valence-electron chi connectivity index (χ2n) is 3.72. The summed E-state index contributed by atoms with van der Waals surface area (Å²) in [7, 11) is 0. The molecule has 1 amide bonds. The predicted octanol–water partition coefficient (Wildman–Crippen LogP) is 0.607. The van der Waals surface area contributed by atoms with Crippen LogP contribution in [0.3, 0.4) is 0 Å². The molecule has 1 fully saturated rings. The molecule has 0 aromatic rings. The van der Waals surface area contributed by atoms with Gasteiger partial charge in [0.05, 0.1) is 0 Å². The van der Waals surface area contributed by atoms with Crippen LogP contribution >= 0.6 is 0 Å². The highest BCUT2D eigenvalue weighted by Gasteiger charge is 2.42. The topological polar surface area (TPSA) is 58.6 Å². The third-order valence-electron chi connectivity index (χ3n) is 2.26. The van der Waals surface area contributed by atoms with E-state index in [1.54, 1.807) is 5.01 Å². The number of nitrogens with one attached hydrogen (secondary N) is 1. The van der Waals surface area contributed by atoms with Gasteiger partial charge in [0, 0.05) is 13.1 Å². The minimum Gasteiger partial charge on any atom is -0.446 e. The lowest BCUT2D eigenvalue weighted by Crippen LogP contribution is -2.46. The fourth-order valence-electron chi connectivity index (χ4n) is 1.36. The highest BCUT2D eigenvalue weighted by Crippen LogP contribution is 2.17. The Morgan fingerprint density at radius 2 is 1.82 bits per heavy atom. The molecule has 0 aromatic heterocycles. The van der Waals surface area contributed by atoms with E-state index in [1.165, 1.54) is 0 Å². The molecule has 1 aliphatic heterocycles. The number of alkyl halides is 3. The SMILES string of the molecule is CC(OC(=O)C(F)(F)F)C(=O)NN1CCCC1. The number of hydrogen-bond donors (Lipinski definition) is 1. The maximum Gasteiger partial charge on any atom is 0.490 e. The van der Waals surface area contributed by atoms with Crippen molar-refractivity contribution in [3.05, 3.63) is 0 Å². The Balaban J connectivity index is 2.38. The van der Waals surface area contributed by atoms with Crippen LogP contribution in [0, 0.1) is 0 Å². The van der Waals surface area contributed by atoms with Crippen molar-refractivity contribution in [2.45, 2.75) is 32.0 Å². The van der Waals surface area contributed by atoms with Gasteiger partial charge in [0.1, 0.15) is 0 Å². The standard InChI is InChI=1S/C9H13F3N2O3/c1-6(17-8(16)9(10,11)12)7(15)13-14-4-2-3-5-14/h6H,2-5H2,1H3,(H,13,15). The second kappa shape index (κ2) is 5.35. The monoisotopic (exact) mass is 254 g/mol. The van der Waals surface area contributed by atoms with Crippen molar-refractivity contribution in [3.8, 4) is 0 Å². The van der Waals surface area contributed by atoms with Gasteiger partial charge in [0.2, 0.25) is 0 Å². The molecule has 8 heteroatoms.